The molecule has 0 bridgehead atoms. The molecule has 0 saturated carbocycles. The van der Waals surface area contributed by atoms with Crippen LogP contribution in [0.5, 0.6) is 34.5 Å². The van der Waals surface area contributed by atoms with Gasteiger partial charge in [0.05, 0.1) is 26.7 Å². The molecule has 0 aliphatic carbocycles. The Morgan fingerprint density at radius 1 is 1.07 bits per heavy atom. The average Bonchev–Trinajstić information content (AvgIpc) is 3.44. The molecular formula is C32H35NO13. The molecule has 3 aliphatic rings. The highest BCUT2D eigenvalue weighted by Gasteiger charge is 2.65. The summed E-state index contributed by atoms with van der Waals surface area (Å²) in [5.41, 5.74) is -0.0546. The number of nitrogens with one attached hydrogen (secondary N) is 1. The Balaban J connectivity index is 1.48. The molecule has 7 atom stereocenters. The van der Waals surface area contributed by atoms with E-state index in [0.29, 0.717) is 39.7 Å². The number of likely N-dealkylation sites (N-methyl/N-ethyl adjacent to an activating group) is 1. The molecule has 7 N–H and O–H groups in total. The van der Waals surface area contributed by atoms with Crippen LogP contribution in [0.25, 0.3) is 11.1 Å². The van der Waals surface area contributed by atoms with E-state index in [1.54, 1.807) is 18.2 Å². The molecule has 0 amide bonds. The van der Waals surface area contributed by atoms with Gasteiger partial charge in [-0.3, -0.25) is 0 Å². The van der Waals surface area contributed by atoms with E-state index in [4.69, 9.17) is 28.4 Å². The van der Waals surface area contributed by atoms with Gasteiger partial charge in [-0.1, -0.05) is 18.2 Å². The molecule has 3 heterocycles. The Kier molecular flexibility index (Phi) is 8.13. The fraction of sp³-hybridized carbons (Fsp3) is 0.406. The van der Waals surface area contributed by atoms with Gasteiger partial charge in [0.15, 0.2) is 17.6 Å². The highest BCUT2D eigenvalue weighted by atomic mass is 16.7. The topological polar surface area (TPSA) is 206 Å². The molecule has 0 aromatic heterocycles. The molecular weight excluding hydrogens is 606 g/mol. The van der Waals surface area contributed by atoms with Gasteiger partial charge in [0.2, 0.25) is 11.4 Å². The zero-order valence-electron chi connectivity index (χ0n) is 25.2. The maximum absolute atomic E-state index is 12.4. The van der Waals surface area contributed by atoms with E-state index in [1.165, 1.54) is 45.5 Å². The maximum atomic E-state index is 12.4. The minimum absolute atomic E-state index is 0.0267. The number of aliphatic hydroxyl groups is 4. The number of benzene rings is 3. The third-order valence-electron chi connectivity index (χ3n) is 8.76. The lowest BCUT2D eigenvalue weighted by atomic mass is 9.83. The van der Waals surface area contributed by atoms with Crippen LogP contribution in [0.4, 0.5) is 0 Å². The van der Waals surface area contributed by atoms with Gasteiger partial charge >= 0.3 is 5.97 Å². The Labute approximate surface area is 263 Å². The van der Waals surface area contributed by atoms with Crippen LogP contribution in [0, 0.1) is 0 Å². The normalized spacial score (nSPS) is 29.4. The first kappa shape index (κ1) is 31.7. The molecule has 0 spiro atoms. The summed E-state index contributed by atoms with van der Waals surface area (Å²) in [6.45, 7) is -1.43. The van der Waals surface area contributed by atoms with E-state index in [2.05, 4.69) is 5.32 Å². The predicted molar refractivity (Wildman–Crippen MR) is 159 cm³/mol. The molecule has 3 aromatic carbocycles. The number of methoxy groups -OCH3 is 2. The number of aliphatic hydroxyl groups excluding tert-OH is 4. The summed E-state index contributed by atoms with van der Waals surface area (Å²) in [5.74, 6) is -2.83. The van der Waals surface area contributed by atoms with Gasteiger partial charge in [-0.25, -0.2) is 4.79 Å². The third kappa shape index (κ3) is 4.76. The van der Waals surface area contributed by atoms with Crippen molar-refractivity contribution in [2.24, 2.45) is 0 Å². The number of ether oxygens (including phenoxy) is 6. The summed E-state index contributed by atoms with van der Waals surface area (Å²) in [6, 6.07) is 13.1. The summed E-state index contributed by atoms with van der Waals surface area (Å²) in [4.78, 5) is 12.4. The van der Waals surface area contributed by atoms with Gasteiger partial charge in [0.1, 0.15) is 42.2 Å². The molecule has 3 aliphatic heterocycles. The minimum Gasteiger partial charge on any atom is -0.508 e. The van der Waals surface area contributed by atoms with Crippen LogP contribution in [0.2, 0.25) is 0 Å². The molecule has 0 radical (unpaired) electrons. The number of fused-ring (bicyclic) bond motifs is 5. The molecule has 7 unspecified atom stereocenters. The van der Waals surface area contributed by atoms with Crippen LogP contribution in [0.1, 0.15) is 23.1 Å². The van der Waals surface area contributed by atoms with Crippen molar-refractivity contribution in [3.8, 4) is 45.6 Å². The van der Waals surface area contributed by atoms with E-state index in [9.17, 15) is 35.4 Å². The highest BCUT2D eigenvalue weighted by Crippen LogP contribution is 2.58. The first-order chi connectivity index (χ1) is 22.0. The highest BCUT2D eigenvalue weighted by molar-refractivity contribution is 5.79. The van der Waals surface area contributed by atoms with Gasteiger partial charge in [0, 0.05) is 23.7 Å². The van der Waals surface area contributed by atoms with Crippen molar-refractivity contribution >= 4 is 5.97 Å². The smallest absolute Gasteiger partial charge is 0.340 e. The standard InChI is InChI=1S/C32H35NO13/c1-33-13-31(30(39)40)28(37)24(36)29(38)32(14-34,46-31)45-17-10-19(15-5-4-6-16(35)9-15)23-22(11-17)43-12-20-18-7-8-21(41-2)27(42-3)26(18)44-25(20)23/h4-11,20,24-25,28-29,33-38H,12-14H2,1-3H3,(H,39,40). The van der Waals surface area contributed by atoms with Crippen molar-refractivity contribution in [3.05, 3.63) is 59.7 Å². The summed E-state index contributed by atoms with van der Waals surface area (Å²) in [7, 11) is 4.45. The summed E-state index contributed by atoms with van der Waals surface area (Å²) in [6.07, 6.45) is -6.83. The number of carboxylic acids is 1. The first-order valence-corrected chi connectivity index (χ1v) is 14.5. The molecule has 3 aromatic rings. The molecule has 1 fully saturated rings. The van der Waals surface area contributed by atoms with Crippen molar-refractivity contribution in [3.63, 3.8) is 0 Å². The lowest BCUT2D eigenvalue weighted by molar-refractivity contribution is -0.366. The number of aromatic hydroxyl groups is 1. The van der Waals surface area contributed by atoms with Crippen molar-refractivity contribution < 1.29 is 63.9 Å². The second-order valence-electron chi connectivity index (χ2n) is 11.4. The van der Waals surface area contributed by atoms with E-state index in [-0.39, 0.29) is 24.0 Å². The fourth-order valence-electron chi connectivity index (χ4n) is 6.53. The largest absolute Gasteiger partial charge is 0.508 e. The average molecular weight is 642 g/mol. The van der Waals surface area contributed by atoms with Gasteiger partial charge in [0.25, 0.3) is 5.79 Å². The molecule has 14 heteroatoms. The lowest BCUT2D eigenvalue weighted by Gasteiger charge is -2.51. The van der Waals surface area contributed by atoms with E-state index >= 15 is 0 Å². The van der Waals surface area contributed by atoms with E-state index in [0.717, 1.165) is 5.56 Å². The van der Waals surface area contributed by atoms with Crippen LogP contribution < -0.4 is 29.0 Å². The van der Waals surface area contributed by atoms with Gasteiger partial charge in [-0.15, -0.1) is 0 Å². The predicted octanol–water partition coefficient (Wildman–Crippen LogP) is 0.909. The quantitative estimate of drug-likeness (QED) is 0.174. The maximum Gasteiger partial charge on any atom is 0.340 e. The second kappa shape index (κ2) is 11.8. The van der Waals surface area contributed by atoms with Crippen molar-refractivity contribution in [1.82, 2.24) is 5.32 Å². The number of carboxylic acid groups (broad SMARTS) is 1. The zero-order valence-corrected chi connectivity index (χ0v) is 25.2. The minimum atomic E-state index is -2.54. The Bertz CT molecular complexity index is 1650. The van der Waals surface area contributed by atoms with Crippen LogP contribution in [0.3, 0.4) is 0 Å². The molecule has 46 heavy (non-hydrogen) atoms. The monoisotopic (exact) mass is 641 g/mol. The third-order valence-corrected chi connectivity index (χ3v) is 8.76. The van der Waals surface area contributed by atoms with Crippen molar-refractivity contribution in [1.29, 1.82) is 0 Å². The van der Waals surface area contributed by atoms with E-state index < -0.39 is 54.9 Å². The van der Waals surface area contributed by atoms with Gasteiger partial charge in [-0.2, -0.15) is 0 Å². The van der Waals surface area contributed by atoms with Crippen LogP contribution in [-0.4, -0.2) is 107 Å². The Hall–Kier alpha value is -4.31. The molecule has 14 nitrogen and oxygen atoms in total. The van der Waals surface area contributed by atoms with E-state index in [1.807, 2.05) is 6.07 Å². The lowest BCUT2D eigenvalue weighted by Crippen LogP contribution is -2.76. The number of rotatable bonds is 9. The van der Waals surface area contributed by atoms with Gasteiger partial charge in [-0.05, 0) is 42.4 Å². The second-order valence-corrected chi connectivity index (χ2v) is 11.4. The van der Waals surface area contributed by atoms with Crippen molar-refractivity contribution in [2.75, 3.05) is 41.0 Å². The molecule has 1 saturated heterocycles. The molecule has 246 valence electrons. The fourth-order valence-corrected chi connectivity index (χ4v) is 6.53. The Morgan fingerprint density at radius 2 is 1.85 bits per heavy atom. The zero-order chi connectivity index (χ0) is 33.0. The summed E-state index contributed by atoms with van der Waals surface area (Å²) < 4.78 is 35.7. The summed E-state index contributed by atoms with van der Waals surface area (Å²) in [5, 5.41) is 66.1. The molecule has 6 rings (SSSR count). The summed E-state index contributed by atoms with van der Waals surface area (Å²) >= 11 is 0. The number of hydrogen-bond acceptors (Lipinski definition) is 13. The SMILES string of the molecule is CNCC1(C(=O)O)OC(CO)(Oc2cc3c(c(-c4cccc(O)c4)c2)C2Oc4c(ccc(OC)c4OC)C2CO3)C(O)C(O)C1O. The van der Waals surface area contributed by atoms with Crippen LogP contribution in [-0.2, 0) is 9.53 Å². The number of phenols is 1. The number of aliphatic carboxylic acids is 1. The number of hydrogen-bond donors (Lipinski definition) is 7. The number of phenolic OH excluding ortho intramolecular Hbond substituents is 1. The number of carbonyl (C=O) groups is 1. The Morgan fingerprint density at radius 3 is 2.50 bits per heavy atom. The van der Waals surface area contributed by atoms with Gasteiger partial charge < -0.3 is 64.4 Å². The van der Waals surface area contributed by atoms with Crippen LogP contribution >= 0.6 is 0 Å². The first-order valence-electron chi connectivity index (χ1n) is 14.5. The van der Waals surface area contributed by atoms with Crippen molar-refractivity contribution in [2.45, 2.75) is 41.7 Å². The van der Waals surface area contributed by atoms with Crippen LogP contribution in [0.15, 0.2) is 48.5 Å².